The van der Waals surface area contributed by atoms with Crippen LogP contribution in [0.1, 0.15) is 27.8 Å². The van der Waals surface area contributed by atoms with Crippen molar-refractivity contribution in [2.45, 2.75) is 94.4 Å². The lowest BCUT2D eigenvalue weighted by Crippen LogP contribution is -2.63. The van der Waals surface area contributed by atoms with Gasteiger partial charge in [-0.05, 0) is 27.8 Å². The molecular formula is C49H56O11. The van der Waals surface area contributed by atoms with Crippen LogP contribution in [0.4, 0.5) is 0 Å². The summed E-state index contributed by atoms with van der Waals surface area (Å²) in [4.78, 5) is 0. The van der Waals surface area contributed by atoms with E-state index >= 15 is 0 Å². The third-order valence-electron chi connectivity index (χ3n) is 10.7. The Morgan fingerprint density at radius 1 is 0.383 bits per heavy atom. The van der Waals surface area contributed by atoms with Gasteiger partial charge in [0.25, 0.3) is 0 Å². The molecule has 0 bridgehead atoms. The minimum atomic E-state index is -1.22. The number of benzene rings is 5. The Bertz CT molecular complexity index is 1910. The lowest BCUT2D eigenvalue weighted by atomic mass is 9.97. The highest BCUT2D eigenvalue weighted by Crippen LogP contribution is 2.33. The van der Waals surface area contributed by atoms with Crippen molar-refractivity contribution in [3.63, 3.8) is 0 Å². The van der Waals surface area contributed by atoms with Crippen LogP contribution in [0.3, 0.4) is 0 Å². The van der Waals surface area contributed by atoms with Crippen LogP contribution in [0, 0.1) is 0 Å². The summed E-state index contributed by atoms with van der Waals surface area (Å²) in [5.74, 6) is 0. The monoisotopic (exact) mass is 820 g/mol. The standard InChI is InChI=1S/C49H56O11/c1-51-45-42(50)48(59-40(33-53-28-35-18-8-3-9-19-35)43(45)54-29-36-20-10-4-11-21-36)58-34-41-44(55-30-37-22-12-5-13-23-37)46(56-31-38-24-14-6-15-25-38)47(49(52-2)60-41)57-32-39-26-16-7-17-27-39/h3-27,40-50H,28-34H2,1-2H3/t40-,41-,42+,43-,44-,45+,46+,47-,48-,49+/m1/s1. The third kappa shape index (κ3) is 12.2. The molecule has 2 fully saturated rings. The largest absolute Gasteiger partial charge is 0.385 e. The number of hydrogen-bond acceptors (Lipinski definition) is 11. The first-order valence-corrected chi connectivity index (χ1v) is 20.5. The van der Waals surface area contributed by atoms with Crippen LogP contribution < -0.4 is 0 Å². The van der Waals surface area contributed by atoms with Gasteiger partial charge in [-0.25, -0.2) is 0 Å². The molecule has 0 spiro atoms. The number of ether oxygens (including phenoxy) is 10. The third-order valence-corrected chi connectivity index (χ3v) is 10.7. The molecule has 0 radical (unpaired) electrons. The van der Waals surface area contributed by atoms with E-state index in [0.717, 1.165) is 27.8 Å². The van der Waals surface area contributed by atoms with Gasteiger partial charge in [0.1, 0.15) is 48.8 Å². The molecule has 0 unspecified atom stereocenters. The molecule has 318 valence electrons. The Balaban J connectivity index is 1.12. The van der Waals surface area contributed by atoms with Crippen LogP contribution in [0.5, 0.6) is 0 Å². The number of aliphatic hydroxyl groups is 1. The minimum Gasteiger partial charge on any atom is -0.385 e. The number of aliphatic hydroxyl groups excluding tert-OH is 1. The van der Waals surface area contributed by atoms with Crippen molar-refractivity contribution in [2.24, 2.45) is 0 Å². The summed E-state index contributed by atoms with van der Waals surface area (Å²) >= 11 is 0. The van der Waals surface area contributed by atoms with Crippen molar-refractivity contribution in [3.8, 4) is 0 Å². The van der Waals surface area contributed by atoms with Gasteiger partial charge in [0.15, 0.2) is 12.6 Å². The second-order valence-electron chi connectivity index (χ2n) is 14.9. The summed E-state index contributed by atoms with van der Waals surface area (Å²) < 4.78 is 64.3. The molecule has 2 aliphatic rings. The van der Waals surface area contributed by atoms with E-state index < -0.39 is 61.4 Å². The van der Waals surface area contributed by atoms with Crippen molar-refractivity contribution in [3.05, 3.63) is 179 Å². The highest BCUT2D eigenvalue weighted by Gasteiger charge is 2.51. The lowest BCUT2D eigenvalue weighted by molar-refractivity contribution is -0.345. The molecule has 7 rings (SSSR count). The zero-order valence-corrected chi connectivity index (χ0v) is 34.2. The number of hydrogen-bond donors (Lipinski definition) is 1. The Morgan fingerprint density at radius 3 is 1.18 bits per heavy atom. The second-order valence-corrected chi connectivity index (χ2v) is 14.9. The normalized spacial score (nSPS) is 26.8. The van der Waals surface area contributed by atoms with Crippen LogP contribution >= 0.6 is 0 Å². The van der Waals surface area contributed by atoms with E-state index in [-0.39, 0.29) is 26.4 Å². The van der Waals surface area contributed by atoms with Crippen molar-refractivity contribution >= 4 is 0 Å². The summed E-state index contributed by atoms with van der Waals surface area (Å²) in [7, 11) is 3.12. The molecule has 2 aliphatic heterocycles. The smallest absolute Gasteiger partial charge is 0.186 e. The van der Waals surface area contributed by atoms with E-state index in [1.54, 1.807) is 14.2 Å². The molecule has 2 saturated heterocycles. The van der Waals surface area contributed by atoms with Crippen LogP contribution in [-0.2, 0) is 80.4 Å². The average Bonchev–Trinajstić information content (AvgIpc) is 3.30. The van der Waals surface area contributed by atoms with E-state index in [2.05, 4.69) is 0 Å². The Morgan fingerprint density at radius 2 is 0.750 bits per heavy atom. The minimum absolute atomic E-state index is 0.0544. The Kier molecular flexibility index (Phi) is 16.8. The van der Waals surface area contributed by atoms with E-state index in [4.69, 9.17) is 47.4 Å². The predicted molar refractivity (Wildman–Crippen MR) is 223 cm³/mol. The average molecular weight is 821 g/mol. The van der Waals surface area contributed by atoms with Crippen LogP contribution in [0.2, 0.25) is 0 Å². The molecular weight excluding hydrogens is 765 g/mol. The Hall–Kier alpha value is -4.34. The van der Waals surface area contributed by atoms with Crippen molar-refractivity contribution < 1.29 is 52.5 Å². The van der Waals surface area contributed by atoms with Crippen molar-refractivity contribution in [2.75, 3.05) is 27.4 Å². The molecule has 5 aromatic carbocycles. The van der Waals surface area contributed by atoms with Gasteiger partial charge in [-0.15, -0.1) is 0 Å². The van der Waals surface area contributed by atoms with Crippen LogP contribution in [-0.4, -0.2) is 94.0 Å². The molecule has 11 heteroatoms. The summed E-state index contributed by atoms with van der Waals surface area (Å²) in [5, 5.41) is 11.8. The molecule has 1 N–H and O–H groups in total. The highest BCUT2D eigenvalue weighted by atomic mass is 16.7. The topological polar surface area (TPSA) is 113 Å². The molecule has 0 aromatic heterocycles. The van der Waals surface area contributed by atoms with Crippen molar-refractivity contribution in [1.29, 1.82) is 0 Å². The quantitative estimate of drug-likeness (QED) is 0.0824. The van der Waals surface area contributed by atoms with Crippen molar-refractivity contribution in [1.82, 2.24) is 0 Å². The second kappa shape index (κ2) is 23.0. The fraction of sp³-hybridized carbons (Fsp3) is 0.388. The molecule has 0 aliphatic carbocycles. The molecule has 10 atom stereocenters. The van der Waals surface area contributed by atoms with E-state index in [1.165, 1.54) is 0 Å². The fourth-order valence-electron chi connectivity index (χ4n) is 7.53. The summed E-state index contributed by atoms with van der Waals surface area (Å²) in [5.41, 5.74) is 4.95. The first-order chi connectivity index (χ1) is 29.6. The van der Waals surface area contributed by atoms with Gasteiger partial charge < -0.3 is 52.5 Å². The van der Waals surface area contributed by atoms with Gasteiger partial charge in [0.2, 0.25) is 0 Å². The maximum atomic E-state index is 11.8. The number of rotatable bonds is 21. The molecule has 5 aromatic rings. The van der Waals surface area contributed by atoms with Gasteiger partial charge in [0.05, 0.1) is 46.2 Å². The maximum absolute atomic E-state index is 11.8. The molecule has 60 heavy (non-hydrogen) atoms. The highest BCUT2D eigenvalue weighted by molar-refractivity contribution is 5.17. The van der Waals surface area contributed by atoms with E-state index in [0.29, 0.717) is 19.8 Å². The maximum Gasteiger partial charge on any atom is 0.186 e. The lowest BCUT2D eigenvalue weighted by Gasteiger charge is -2.47. The van der Waals surface area contributed by atoms with Crippen LogP contribution in [0.15, 0.2) is 152 Å². The zero-order chi connectivity index (χ0) is 41.4. The SMILES string of the molecule is CO[C@H]1O[C@H](CO[C@@H]2O[C@H](COCc3ccccc3)[C@@H](OCc3ccccc3)[C@@H](OC)[C@@H]2O)[C@@H](OCc2ccccc2)[C@H](OCc2ccccc2)[C@H]1OCc1ccccc1. The predicted octanol–water partition coefficient (Wildman–Crippen LogP) is 7.03. The Labute approximate surface area is 353 Å². The fourth-order valence-corrected chi connectivity index (χ4v) is 7.53. The molecule has 0 saturated carbocycles. The molecule has 11 nitrogen and oxygen atoms in total. The zero-order valence-electron chi connectivity index (χ0n) is 34.2. The van der Waals surface area contributed by atoms with Gasteiger partial charge in [0, 0.05) is 14.2 Å². The van der Waals surface area contributed by atoms with Gasteiger partial charge in [-0.1, -0.05) is 152 Å². The first kappa shape index (κ1) is 43.7. The summed E-state index contributed by atoms with van der Waals surface area (Å²) in [6.07, 6.45) is -8.13. The van der Waals surface area contributed by atoms with E-state index in [9.17, 15) is 5.11 Å². The summed E-state index contributed by atoms with van der Waals surface area (Å²) in [6, 6.07) is 49.5. The molecule has 0 amide bonds. The molecule has 2 heterocycles. The van der Waals surface area contributed by atoms with Gasteiger partial charge in [-0.2, -0.15) is 0 Å². The van der Waals surface area contributed by atoms with Gasteiger partial charge in [-0.3, -0.25) is 0 Å². The van der Waals surface area contributed by atoms with E-state index in [1.807, 2.05) is 152 Å². The van der Waals surface area contributed by atoms with Crippen LogP contribution in [0.25, 0.3) is 0 Å². The number of methoxy groups -OCH3 is 2. The first-order valence-electron chi connectivity index (χ1n) is 20.5. The summed E-state index contributed by atoms with van der Waals surface area (Å²) in [6.45, 7) is 1.62. The van der Waals surface area contributed by atoms with Gasteiger partial charge >= 0.3 is 0 Å².